The molecule has 5 nitrogen and oxygen atoms in total. The molecule has 2 amide bonds. The number of aromatic nitrogens is 1. The summed E-state index contributed by atoms with van der Waals surface area (Å²) in [5.74, 6) is -0.0296. The van der Waals surface area contributed by atoms with E-state index in [1.165, 1.54) is 19.8 Å². The van der Waals surface area contributed by atoms with E-state index in [4.69, 9.17) is 0 Å². The molecule has 1 fully saturated rings. The topological polar surface area (TPSA) is 53.5 Å². The molecule has 5 heteroatoms. The SMILES string of the molecule is CC(=O)N(CC(=O)N1CCCCCC1)Cc1cccnc1. The summed E-state index contributed by atoms with van der Waals surface area (Å²) < 4.78 is 0. The van der Waals surface area contributed by atoms with E-state index in [2.05, 4.69) is 4.98 Å². The Labute approximate surface area is 126 Å². The van der Waals surface area contributed by atoms with E-state index >= 15 is 0 Å². The van der Waals surface area contributed by atoms with Crippen LogP contribution in [0.15, 0.2) is 24.5 Å². The molecule has 0 N–H and O–H groups in total. The summed E-state index contributed by atoms with van der Waals surface area (Å²) in [7, 11) is 0. The Morgan fingerprint density at radius 2 is 1.95 bits per heavy atom. The van der Waals surface area contributed by atoms with Gasteiger partial charge < -0.3 is 9.80 Å². The third-order valence-corrected chi connectivity index (χ3v) is 3.83. The summed E-state index contributed by atoms with van der Waals surface area (Å²) in [5, 5.41) is 0. The fourth-order valence-electron chi connectivity index (χ4n) is 2.57. The summed E-state index contributed by atoms with van der Waals surface area (Å²) in [6.45, 7) is 3.73. The van der Waals surface area contributed by atoms with Gasteiger partial charge in [0.15, 0.2) is 0 Å². The number of likely N-dealkylation sites (tertiary alicyclic amines) is 1. The summed E-state index contributed by atoms with van der Waals surface area (Å²) in [6, 6.07) is 3.75. The van der Waals surface area contributed by atoms with Gasteiger partial charge in [0, 0.05) is 39.0 Å². The first kappa shape index (κ1) is 15.5. The van der Waals surface area contributed by atoms with Crippen LogP contribution in [0.5, 0.6) is 0 Å². The van der Waals surface area contributed by atoms with E-state index in [0.29, 0.717) is 6.54 Å². The van der Waals surface area contributed by atoms with Crippen LogP contribution in [0.2, 0.25) is 0 Å². The van der Waals surface area contributed by atoms with Gasteiger partial charge >= 0.3 is 0 Å². The van der Waals surface area contributed by atoms with Crippen LogP contribution in [0, 0.1) is 0 Å². The molecule has 1 aliphatic rings. The van der Waals surface area contributed by atoms with Crippen molar-refractivity contribution in [3.05, 3.63) is 30.1 Å². The average Bonchev–Trinajstić information content (AvgIpc) is 2.76. The zero-order valence-corrected chi connectivity index (χ0v) is 12.6. The van der Waals surface area contributed by atoms with E-state index in [1.54, 1.807) is 17.3 Å². The molecule has 0 aromatic carbocycles. The lowest BCUT2D eigenvalue weighted by Crippen LogP contribution is -2.42. The fourth-order valence-corrected chi connectivity index (χ4v) is 2.57. The molecule has 0 aliphatic carbocycles. The Morgan fingerprint density at radius 1 is 1.24 bits per heavy atom. The van der Waals surface area contributed by atoms with E-state index in [9.17, 15) is 9.59 Å². The number of hydrogen-bond acceptors (Lipinski definition) is 3. The lowest BCUT2D eigenvalue weighted by atomic mass is 10.2. The maximum absolute atomic E-state index is 12.4. The molecule has 2 heterocycles. The van der Waals surface area contributed by atoms with E-state index < -0.39 is 0 Å². The van der Waals surface area contributed by atoms with Crippen molar-refractivity contribution in [2.45, 2.75) is 39.2 Å². The Bertz CT molecular complexity index is 468. The van der Waals surface area contributed by atoms with Crippen LogP contribution in [0.25, 0.3) is 0 Å². The first-order chi connectivity index (χ1) is 10.2. The average molecular weight is 289 g/mol. The smallest absolute Gasteiger partial charge is 0.242 e. The third-order valence-electron chi connectivity index (χ3n) is 3.83. The van der Waals surface area contributed by atoms with Gasteiger partial charge in [0.05, 0.1) is 0 Å². The zero-order valence-electron chi connectivity index (χ0n) is 12.6. The summed E-state index contributed by atoms with van der Waals surface area (Å²) >= 11 is 0. The number of carbonyl (C=O) groups excluding carboxylic acids is 2. The van der Waals surface area contributed by atoms with Gasteiger partial charge in [-0.05, 0) is 24.5 Å². The second-order valence-corrected chi connectivity index (χ2v) is 5.53. The molecule has 0 spiro atoms. The molecule has 0 bridgehead atoms. The molecule has 0 saturated carbocycles. The second kappa shape index (κ2) is 7.76. The normalized spacial score (nSPS) is 15.4. The third kappa shape index (κ3) is 4.85. The Kier molecular flexibility index (Phi) is 5.72. The van der Waals surface area contributed by atoms with E-state index in [1.807, 2.05) is 17.0 Å². The van der Waals surface area contributed by atoms with Crippen LogP contribution in [0.3, 0.4) is 0 Å². The van der Waals surface area contributed by atoms with Crippen molar-refractivity contribution in [3.63, 3.8) is 0 Å². The van der Waals surface area contributed by atoms with Crippen molar-refractivity contribution < 1.29 is 9.59 Å². The Morgan fingerprint density at radius 3 is 2.52 bits per heavy atom. The largest absolute Gasteiger partial charge is 0.341 e. The number of pyridine rings is 1. The molecule has 114 valence electrons. The monoisotopic (exact) mass is 289 g/mol. The molecule has 1 saturated heterocycles. The van der Waals surface area contributed by atoms with Crippen LogP contribution in [0.1, 0.15) is 38.2 Å². The number of amides is 2. The van der Waals surface area contributed by atoms with Crippen molar-refractivity contribution in [1.82, 2.24) is 14.8 Å². The van der Waals surface area contributed by atoms with Crippen LogP contribution in [-0.4, -0.2) is 46.2 Å². The zero-order chi connectivity index (χ0) is 15.1. The number of rotatable bonds is 4. The van der Waals surface area contributed by atoms with Gasteiger partial charge in [-0.15, -0.1) is 0 Å². The van der Waals surface area contributed by atoms with Crippen molar-refractivity contribution in [2.24, 2.45) is 0 Å². The highest BCUT2D eigenvalue weighted by Crippen LogP contribution is 2.11. The molecule has 2 rings (SSSR count). The molecule has 1 aliphatic heterocycles. The lowest BCUT2D eigenvalue weighted by Gasteiger charge is -2.26. The van der Waals surface area contributed by atoms with E-state index in [0.717, 1.165) is 31.5 Å². The molecular weight excluding hydrogens is 266 g/mol. The predicted molar refractivity (Wildman–Crippen MR) is 80.4 cm³/mol. The standard InChI is InChI=1S/C16H23N3O2/c1-14(20)19(12-15-7-6-8-17-11-15)13-16(21)18-9-4-2-3-5-10-18/h6-8,11H,2-5,9-10,12-13H2,1H3. The Hall–Kier alpha value is -1.91. The number of hydrogen-bond donors (Lipinski definition) is 0. The summed E-state index contributed by atoms with van der Waals surface area (Å²) in [5.41, 5.74) is 0.941. The molecule has 1 aromatic rings. The fraction of sp³-hybridized carbons (Fsp3) is 0.562. The molecule has 0 atom stereocenters. The van der Waals surface area contributed by atoms with Crippen molar-refractivity contribution >= 4 is 11.8 Å². The van der Waals surface area contributed by atoms with Gasteiger partial charge in [-0.1, -0.05) is 18.9 Å². The highest BCUT2D eigenvalue weighted by molar-refractivity contribution is 5.83. The van der Waals surface area contributed by atoms with Crippen LogP contribution >= 0.6 is 0 Å². The van der Waals surface area contributed by atoms with Gasteiger partial charge in [0.2, 0.25) is 11.8 Å². The van der Waals surface area contributed by atoms with Gasteiger partial charge in [0.1, 0.15) is 6.54 Å². The molecule has 0 unspecified atom stereocenters. The second-order valence-electron chi connectivity index (χ2n) is 5.53. The summed E-state index contributed by atoms with van der Waals surface area (Å²) in [6.07, 6.45) is 7.94. The quantitative estimate of drug-likeness (QED) is 0.850. The molecule has 0 radical (unpaired) electrons. The minimum atomic E-state index is -0.0815. The summed E-state index contributed by atoms with van der Waals surface area (Å²) in [4.78, 5) is 31.7. The maximum atomic E-state index is 12.4. The minimum absolute atomic E-state index is 0.0518. The molecular formula is C16H23N3O2. The van der Waals surface area contributed by atoms with Crippen LogP contribution < -0.4 is 0 Å². The highest BCUT2D eigenvalue weighted by Gasteiger charge is 2.20. The highest BCUT2D eigenvalue weighted by atomic mass is 16.2. The first-order valence-corrected chi connectivity index (χ1v) is 7.59. The van der Waals surface area contributed by atoms with E-state index in [-0.39, 0.29) is 18.4 Å². The maximum Gasteiger partial charge on any atom is 0.242 e. The Balaban J connectivity index is 1.95. The van der Waals surface area contributed by atoms with Crippen molar-refractivity contribution in [1.29, 1.82) is 0 Å². The van der Waals surface area contributed by atoms with Gasteiger partial charge in [0.25, 0.3) is 0 Å². The first-order valence-electron chi connectivity index (χ1n) is 7.59. The minimum Gasteiger partial charge on any atom is -0.341 e. The van der Waals surface area contributed by atoms with Crippen LogP contribution in [0.4, 0.5) is 0 Å². The molecule has 21 heavy (non-hydrogen) atoms. The van der Waals surface area contributed by atoms with Gasteiger partial charge in [-0.3, -0.25) is 14.6 Å². The number of nitrogens with zero attached hydrogens (tertiary/aromatic N) is 3. The van der Waals surface area contributed by atoms with Gasteiger partial charge in [-0.25, -0.2) is 0 Å². The van der Waals surface area contributed by atoms with Crippen LogP contribution in [-0.2, 0) is 16.1 Å². The van der Waals surface area contributed by atoms with Crippen molar-refractivity contribution in [3.8, 4) is 0 Å². The van der Waals surface area contributed by atoms with Gasteiger partial charge in [-0.2, -0.15) is 0 Å². The molecule has 1 aromatic heterocycles. The number of carbonyl (C=O) groups is 2. The van der Waals surface area contributed by atoms with Crippen molar-refractivity contribution in [2.75, 3.05) is 19.6 Å². The predicted octanol–water partition coefficient (Wildman–Crippen LogP) is 1.83. The lowest BCUT2D eigenvalue weighted by molar-refractivity contribution is -0.139.